The average Bonchev–Trinajstić information content (AvgIpc) is 2.78. The summed E-state index contributed by atoms with van der Waals surface area (Å²) in [6, 6.07) is 5.00. The van der Waals surface area contributed by atoms with Gasteiger partial charge in [0.25, 0.3) is 5.69 Å². The zero-order valence-electron chi connectivity index (χ0n) is 9.19. The van der Waals surface area contributed by atoms with Gasteiger partial charge in [-0.05, 0) is 25.5 Å². The van der Waals surface area contributed by atoms with Crippen molar-refractivity contribution in [3.8, 4) is 5.75 Å². The maximum absolute atomic E-state index is 10.7. The van der Waals surface area contributed by atoms with E-state index in [9.17, 15) is 10.1 Å². The monoisotopic (exact) mass is 300 g/mol. The highest BCUT2D eigenvalue weighted by atomic mass is 79.9. The third-order valence-electron chi connectivity index (χ3n) is 2.68. The zero-order valence-corrected chi connectivity index (χ0v) is 10.8. The Morgan fingerprint density at radius 2 is 2.35 bits per heavy atom. The highest BCUT2D eigenvalue weighted by Gasteiger charge is 2.15. The van der Waals surface area contributed by atoms with Crippen molar-refractivity contribution >= 4 is 21.6 Å². The Bertz CT molecular complexity index is 419. The fourth-order valence-corrected chi connectivity index (χ4v) is 2.29. The molecule has 0 spiro atoms. The van der Waals surface area contributed by atoms with E-state index in [2.05, 4.69) is 21.2 Å². The van der Waals surface area contributed by atoms with E-state index in [0.717, 1.165) is 19.4 Å². The first kappa shape index (κ1) is 12.3. The Balaban J connectivity index is 2.01. The fourth-order valence-electron chi connectivity index (χ4n) is 1.83. The Labute approximate surface area is 107 Å². The average molecular weight is 301 g/mol. The molecule has 5 nitrogen and oxygen atoms in total. The molecule has 1 aromatic rings. The van der Waals surface area contributed by atoms with Crippen molar-refractivity contribution in [2.45, 2.75) is 18.9 Å². The number of ether oxygens (including phenoxy) is 1. The largest absolute Gasteiger partial charge is 0.492 e. The predicted octanol–water partition coefficient (Wildman–Crippen LogP) is 2.49. The van der Waals surface area contributed by atoms with Gasteiger partial charge in [0.05, 0.1) is 11.0 Å². The van der Waals surface area contributed by atoms with Crippen molar-refractivity contribution in [3.05, 3.63) is 32.8 Å². The van der Waals surface area contributed by atoms with Crippen molar-refractivity contribution < 1.29 is 9.66 Å². The molecule has 1 aliphatic rings. The summed E-state index contributed by atoms with van der Waals surface area (Å²) in [4.78, 5) is 10.3. The third-order valence-corrected chi connectivity index (χ3v) is 3.14. The molecule has 0 unspecified atom stereocenters. The van der Waals surface area contributed by atoms with Crippen LogP contribution in [0.5, 0.6) is 5.75 Å². The number of hydrogen-bond donors (Lipinski definition) is 1. The second kappa shape index (κ2) is 5.46. The minimum atomic E-state index is -0.425. The maximum atomic E-state index is 10.7. The summed E-state index contributed by atoms with van der Waals surface area (Å²) in [6.07, 6.45) is 2.25. The van der Waals surface area contributed by atoms with Crippen LogP contribution in [0.25, 0.3) is 0 Å². The summed E-state index contributed by atoms with van der Waals surface area (Å²) in [7, 11) is 0. The topological polar surface area (TPSA) is 64.4 Å². The van der Waals surface area contributed by atoms with Crippen molar-refractivity contribution in [2.24, 2.45) is 0 Å². The van der Waals surface area contributed by atoms with Gasteiger partial charge in [-0.15, -0.1) is 0 Å². The molecule has 0 aromatic heterocycles. The summed E-state index contributed by atoms with van der Waals surface area (Å²) < 4.78 is 6.22. The van der Waals surface area contributed by atoms with Gasteiger partial charge in [0, 0.05) is 16.6 Å². The smallest absolute Gasteiger partial charge is 0.274 e. The van der Waals surface area contributed by atoms with E-state index in [0.29, 0.717) is 22.9 Å². The Hall–Kier alpha value is -1.14. The number of nitrogens with one attached hydrogen (secondary N) is 1. The van der Waals surface area contributed by atoms with Gasteiger partial charge in [-0.25, -0.2) is 0 Å². The third kappa shape index (κ3) is 3.41. The van der Waals surface area contributed by atoms with Gasteiger partial charge in [-0.2, -0.15) is 0 Å². The summed E-state index contributed by atoms with van der Waals surface area (Å²) in [6.45, 7) is 1.57. The summed E-state index contributed by atoms with van der Waals surface area (Å²) >= 11 is 3.23. The van der Waals surface area contributed by atoms with Crippen molar-refractivity contribution in [3.63, 3.8) is 0 Å². The van der Waals surface area contributed by atoms with E-state index < -0.39 is 4.92 Å². The number of non-ortho nitro benzene ring substituents is 1. The molecule has 1 aliphatic heterocycles. The molecular weight excluding hydrogens is 288 g/mol. The molecular formula is C11H13BrN2O3. The van der Waals surface area contributed by atoms with Crippen LogP contribution in [0.1, 0.15) is 12.8 Å². The number of benzene rings is 1. The Morgan fingerprint density at radius 1 is 1.53 bits per heavy atom. The Morgan fingerprint density at radius 3 is 3.00 bits per heavy atom. The highest BCUT2D eigenvalue weighted by molar-refractivity contribution is 9.10. The lowest BCUT2D eigenvalue weighted by molar-refractivity contribution is -0.385. The number of halogens is 1. The van der Waals surface area contributed by atoms with Crippen molar-refractivity contribution in [1.29, 1.82) is 0 Å². The van der Waals surface area contributed by atoms with Crippen LogP contribution in [0.15, 0.2) is 22.7 Å². The molecule has 0 aliphatic carbocycles. The molecule has 2 rings (SSSR count). The second-order valence-corrected chi connectivity index (χ2v) is 4.92. The number of hydrogen-bond acceptors (Lipinski definition) is 4. The molecule has 0 amide bonds. The van der Waals surface area contributed by atoms with Gasteiger partial charge in [0.15, 0.2) is 0 Å². The molecule has 1 N–H and O–H groups in total. The maximum Gasteiger partial charge on any atom is 0.274 e. The van der Waals surface area contributed by atoms with Crippen molar-refractivity contribution in [2.75, 3.05) is 13.2 Å². The molecule has 1 aromatic carbocycles. The van der Waals surface area contributed by atoms with Gasteiger partial charge in [-0.3, -0.25) is 10.1 Å². The number of rotatable bonds is 4. The lowest BCUT2D eigenvalue weighted by Gasteiger charge is -2.12. The molecule has 6 heteroatoms. The van der Waals surface area contributed by atoms with Crippen LogP contribution in [-0.4, -0.2) is 24.1 Å². The van der Waals surface area contributed by atoms with Gasteiger partial charge in [0.2, 0.25) is 0 Å². The molecule has 0 bridgehead atoms. The van der Waals surface area contributed by atoms with Crippen LogP contribution >= 0.6 is 15.9 Å². The van der Waals surface area contributed by atoms with Crippen LogP contribution in [0.2, 0.25) is 0 Å². The summed E-state index contributed by atoms with van der Waals surface area (Å²) in [5, 5.41) is 14.0. The van der Waals surface area contributed by atoms with Crippen LogP contribution in [0.3, 0.4) is 0 Å². The SMILES string of the molecule is O=[N+]([O-])c1cc(Br)cc(OC[C@H]2CCCN2)c1. The van der Waals surface area contributed by atoms with E-state index in [-0.39, 0.29) is 5.69 Å². The van der Waals surface area contributed by atoms with E-state index in [1.54, 1.807) is 6.07 Å². The van der Waals surface area contributed by atoms with Crippen LogP contribution in [0.4, 0.5) is 5.69 Å². The van der Waals surface area contributed by atoms with E-state index in [4.69, 9.17) is 4.74 Å². The summed E-state index contributed by atoms with van der Waals surface area (Å²) in [5.74, 6) is 0.528. The second-order valence-electron chi connectivity index (χ2n) is 4.01. The molecule has 1 saturated heterocycles. The first-order valence-electron chi connectivity index (χ1n) is 5.46. The Kier molecular flexibility index (Phi) is 3.96. The number of nitrogens with zero attached hydrogens (tertiary/aromatic N) is 1. The molecule has 1 heterocycles. The molecule has 92 valence electrons. The number of nitro groups is 1. The van der Waals surface area contributed by atoms with Gasteiger partial charge in [0.1, 0.15) is 12.4 Å². The van der Waals surface area contributed by atoms with Crippen LogP contribution in [-0.2, 0) is 0 Å². The van der Waals surface area contributed by atoms with Gasteiger partial charge >= 0.3 is 0 Å². The zero-order chi connectivity index (χ0) is 12.3. The molecule has 1 atom stereocenters. The van der Waals surface area contributed by atoms with Gasteiger partial charge < -0.3 is 10.1 Å². The molecule has 0 radical (unpaired) electrons. The van der Waals surface area contributed by atoms with Crippen LogP contribution in [0, 0.1) is 10.1 Å². The standard InChI is InChI=1S/C11H13BrN2O3/c12-8-4-10(14(15)16)6-11(5-8)17-7-9-2-1-3-13-9/h4-6,9,13H,1-3,7H2/t9-/m1/s1. The molecule has 17 heavy (non-hydrogen) atoms. The number of nitro benzene ring substituents is 1. The minimum absolute atomic E-state index is 0.0359. The molecule has 1 fully saturated rings. The van der Waals surface area contributed by atoms with E-state index in [1.165, 1.54) is 12.1 Å². The molecule has 0 saturated carbocycles. The van der Waals surface area contributed by atoms with E-state index >= 15 is 0 Å². The van der Waals surface area contributed by atoms with Crippen molar-refractivity contribution in [1.82, 2.24) is 5.32 Å². The highest BCUT2D eigenvalue weighted by Crippen LogP contribution is 2.26. The summed E-state index contributed by atoms with van der Waals surface area (Å²) in [5.41, 5.74) is 0.0359. The quantitative estimate of drug-likeness (QED) is 0.685. The lowest BCUT2D eigenvalue weighted by atomic mass is 10.2. The van der Waals surface area contributed by atoms with Gasteiger partial charge in [-0.1, -0.05) is 15.9 Å². The first-order chi connectivity index (χ1) is 8.15. The minimum Gasteiger partial charge on any atom is -0.492 e. The first-order valence-corrected chi connectivity index (χ1v) is 6.25. The predicted molar refractivity (Wildman–Crippen MR) is 67.3 cm³/mol. The lowest BCUT2D eigenvalue weighted by Crippen LogP contribution is -2.28. The van der Waals surface area contributed by atoms with Crippen LogP contribution < -0.4 is 10.1 Å². The fraction of sp³-hybridized carbons (Fsp3) is 0.455. The normalized spacial score (nSPS) is 19.2. The van der Waals surface area contributed by atoms with E-state index in [1.807, 2.05) is 0 Å².